The fourth-order valence-electron chi connectivity index (χ4n) is 2.00. The van der Waals surface area contributed by atoms with E-state index in [0.717, 1.165) is 12.1 Å². The van der Waals surface area contributed by atoms with E-state index >= 15 is 0 Å². The van der Waals surface area contributed by atoms with Gasteiger partial charge in [0.2, 0.25) is 5.82 Å². The summed E-state index contributed by atoms with van der Waals surface area (Å²) in [5, 5.41) is 0. The number of aryl methyl sites for hydroxylation is 1. The Labute approximate surface area is 116 Å². The van der Waals surface area contributed by atoms with Crippen LogP contribution in [-0.2, 0) is 0 Å². The Hall–Kier alpha value is -2.02. The van der Waals surface area contributed by atoms with Gasteiger partial charge in [0, 0.05) is 0 Å². The van der Waals surface area contributed by atoms with Gasteiger partial charge in [-0.15, -0.1) is 0 Å². The smallest absolute Gasteiger partial charge is 0.200 e. The van der Waals surface area contributed by atoms with Gasteiger partial charge in [0.05, 0.1) is 11.6 Å². The summed E-state index contributed by atoms with van der Waals surface area (Å²) < 4.78 is 79.9. The molecule has 112 valence electrons. The molecule has 0 saturated carbocycles. The topological polar surface area (TPSA) is 26.0 Å². The van der Waals surface area contributed by atoms with Crippen LogP contribution in [0.2, 0.25) is 0 Å². The van der Waals surface area contributed by atoms with Crippen LogP contribution in [0, 0.1) is 41.8 Å². The monoisotopic (exact) mass is 305 g/mol. The number of rotatable bonds is 2. The van der Waals surface area contributed by atoms with Crippen molar-refractivity contribution in [1.82, 2.24) is 0 Å². The van der Waals surface area contributed by atoms with Gasteiger partial charge in [-0.25, -0.2) is 26.3 Å². The maximum Gasteiger partial charge on any atom is 0.200 e. The molecule has 21 heavy (non-hydrogen) atoms. The molecular weight excluding hydrogens is 296 g/mol. The molecule has 1 nitrogen and oxygen atoms in total. The highest BCUT2D eigenvalue weighted by molar-refractivity contribution is 5.39. The van der Waals surface area contributed by atoms with E-state index in [0.29, 0.717) is 5.56 Å². The van der Waals surface area contributed by atoms with E-state index in [1.165, 1.54) is 13.0 Å². The van der Waals surface area contributed by atoms with E-state index in [9.17, 15) is 26.3 Å². The summed E-state index contributed by atoms with van der Waals surface area (Å²) in [5.74, 6) is -11.2. The first kappa shape index (κ1) is 15.4. The Balaban J connectivity index is 2.69. The first-order valence-corrected chi connectivity index (χ1v) is 5.78. The van der Waals surface area contributed by atoms with Gasteiger partial charge in [-0.3, -0.25) is 0 Å². The third-order valence-corrected chi connectivity index (χ3v) is 3.13. The molecule has 0 amide bonds. The third kappa shape index (κ3) is 2.49. The molecule has 2 N–H and O–H groups in total. The maximum atomic E-state index is 13.7. The van der Waals surface area contributed by atoms with Gasteiger partial charge in [-0.1, -0.05) is 6.07 Å². The Kier molecular flexibility index (Phi) is 3.95. The fraction of sp³-hybridized carbons (Fsp3) is 0.143. The first-order chi connectivity index (χ1) is 9.75. The number of benzene rings is 2. The lowest BCUT2D eigenvalue weighted by Crippen LogP contribution is -2.20. The second-order valence-corrected chi connectivity index (χ2v) is 4.46. The molecule has 0 heterocycles. The lowest BCUT2D eigenvalue weighted by molar-refractivity contribution is 0.367. The van der Waals surface area contributed by atoms with Gasteiger partial charge in [-0.05, 0) is 30.2 Å². The molecule has 0 fully saturated rings. The van der Waals surface area contributed by atoms with Gasteiger partial charge in [0.25, 0.3) is 0 Å². The van der Waals surface area contributed by atoms with E-state index in [2.05, 4.69) is 0 Å². The molecule has 2 aromatic rings. The maximum absolute atomic E-state index is 13.7. The predicted molar refractivity (Wildman–Crippen MR) is 63.4 cm³/mol. The summed E-state index contributed by atoms with van der Waals surface area (Å²) in [7, 11) is 0. The van der Waals surface area contributed by atoms with Crippen LogP contribution in [0.1, 0.15) is 22.7 Å². The molecule has 1 unspecified atom stereocenters. The summed E-state index contributed by atoms with van der Waals surface area (Å²) >= 11 is 0. The average molecular weight is 305 g/mol. The molecule has 0 radical (unpaired) electrons. The largest absolute Gasteiger partial charge is 0.320 e. The van der Waals surface area contributed by atoms with E-state index in [-0.39, 0.29) is 5.56 Å². The van der Waals surface area contributed by atoms with Crippen LogP contribution in [0.4, 0.5) is 26.3 Å². The quantitative estimate of drug-likeness (QED) is 0.508. The zero-order valence-electron chi connectivity index (χ0n) is 10.7. The summed E-state index contributed by atoms with van der Waals surface area (Å²) in [5.41, 5.74) is 4.66. The molecule has 0 aliphatic heterocycles. The lowest BCUT2D eigenvalue weighted by Gasteiger charge is -2.17. The first-order valence-electron chi connectivity index (χ1n) is 5.78. The van der Waals surface area contributed by atoms with E-state index in [1.54, 1.807) is 0 Å². The van der Waals surface area contributed by atoms with Crippen LogP contribution >= 0.6 is 0 Å². The zero-order valence-corrected chi connectivity index (χ0v) is 10.7. The highest BCUT2D eigenvalue weighted by atomic mass is 19.2. The Morgan fingerprint density at radius 2 is 1.29 bits per heavy atom. The summed E-state index contributed by atoms with van der Waals surface area (Å²) in [6, 6.07) is 1.57. The number of hydrogen-bond donors (Lipinski definition) is 1. The molecule has 0 aliphatic rings. The average Bonchev–Trinajstić information content (AvgIpc) is 2.45. The van der Waals surface area contributed by atoms with Gasteiger partial charge in [0.1, 0.15) is 5.82 Å². The standard InChI is InChI=1S/C14H9F6N/c1-5-2-3-6(15)4-7(5)14(21)8-9(16)11(18)13(20)12(19)10(8)17/h2-4,14H,21H2,1H3. The molecule has 0 spiro atoms. The Bertz CT molecular complexity index is 684. The van der Waals surface area contributed by atoms with Crippen molar-refractivity contribution in [3.05, 3.63) is 69.8 Å². The van der Waals surface area contributed by atoms with Crippen molar-refractivity contribution < 1.29 is 26.3 Å². The second-order valence-electron chi connectivity index (χ2n) is 4.46. The van der Waals surface area contributed by atoms with Crippen molar-refractivity contribution in [3.8, 4) is 0 Å². The molecule has 0 aliphatic carbocycles. The molecule has 7 heteroatoms. The Morgan fingerprint density at radius 3 is 1.81 bits per heavy atom. The third-order valence-electron chi connectivity index (χ3n) is 3.13. The molecule has 2 aromatic carbocycles. The number of hydrogen-bond acceptors (Lipinski definition) is 1. The lowest BCUT2D eigenvalue weighted by atomic mass is 9.94. The highest BCUT2D eigenvalue weighted by Crippen LogP contribution is 2.31. The normalized spacial score (nSPS) is 12.6. The minimum atomic E-state index is -2.27. The minimum Gasteiger partial charge on any atom is -0.320 e. The van der Waals surface area contributed by atoms with Crippen LogP contribution in [0.25, 0.3) is 0 Å². The second kappa shape index (κ2) is 5.40. The predicted octanol–water partition coefficient (Wildman–Crippen LogP) is 3.88. The zero-order chi connectivity index (χ0) is 15.9. The van der Waals surface area contributed by atoms with E-state index < -0.39 is 46.5 Å². The van der Waals surface area contributed by atoms with Crippen LogP contribution in [0.5, 0.6) is 0 Å². The highest BCUT2D eigenvalue weighted by Gasteiger charge is 2.30. The fourth-order valence-corrected chi connectivity index (χ4v) is 2.00. The van der Waals surface area contributed by atoms with E-state index in [4.69, 9.17) is 5.73 Å². The van der Waals surface area contributed by atoms with Crippen LogP contribution < -0.4 is 5.73 Å². The van der Waals surface area contributed by atoms with Crippen molar-refractivity contribution in [2.24, 2.45) is 5.73 Å². The van der Waals surface area contributed by atoms with Gasteiger partial charge >= 0.3 is 0 Å². The summed E-state index contributed by atoms with van der Waals surface area (Å²) in [6.45, 7) is 1.47. The van der Waals surface area contributed by atoms with Gasteiger partial charge < -0.3 is 5.73 Å². The van der Waals surface area contributed by atoms with Gasteiger partial charge in [-0.2, -0.15) is 0 Å². The van der Waals surface area contributed by atoms with Crippen molar-refractivity contribution >= 4 is 0 Å². The van der Waals surface area contributed by atoms with Crippen molar-refractivity contribution in [1.29, 1.82) is 0 Å². The molecule has 1 atom stereocenters. The molecule has 0 saturated heterocycles. The minimum absolute atomic E-state index is 0.0711. The van der Waals surface area contributed by atoms with Crippen molar-refractivity contribution in [2.45, 2.75) is 13.0 Å². The summed E-state index contributed by atoms with van der Waals surface area (Å²) in [6.07, 6.45) is 0. The van der Waals surface area contributed by atoms with Crippen LogP contribution in [-0.4, -0.2) is 0 Å². The van der Waals surface area contributed by atoms with Crippen molar-refractivity contribution in [2.75, 3.05) is 0 Å². The van der Waals surface area contributed by atoms with Crippen molar-refractivity contribution in [3.63, 3.8) is 0 Å². The molecular formula is C14H9F6N. The van der Waals surface area contributed by atoms with Crippen LogP contribution in [0.15, 0.2) is 18.2 Å². The molecule has 0 bridgehead atoms. The number of halogens is 6. The molecule has 2 rings (SSSR count). The Morgan fingerprint density at radius 1 is 0.810 bits per heavy atom. The van der Waals surface area contributed by atoms with Gasteiger partial charge in [0.15, 0.2) is 23.3 Å². The van der Waals surface area contributed by atoms with E-state index in [1.807, 2.05) is 0 Å². The summed E-state index contributed by atoms with van der Waals surface area (Å²) in [4.78, 5) is 0. The SMILES string of the molecule is Cc1ccc(F)cc1C(N)c1c(F)c(F)c(F)c(F)c1F. The van der Waals surface area contributed by atoms with Crippen LogP contribution in [0.3, 0.4) is 0 Å². The number of nitrogens with two attached hydrogens (primary N) is 1. The molecule has 0 aromatic heterocycles.